The molecule has 0 aromatic carbocycles. The Kier molecular flexibility index (Phi) is 4.93. The van der Waals surface area contributed by atoms with Crippen molar-refractivity contribution in [3.05, 3.63) is 22.7 Å². The van der Waals surface area contributed by atoms with Gasteiger partial charge in [0.1, 0.15) is 0 Å². The second-order valence-electron chi connectivity index (χ2n) is 6.36. The molecule has 1 aromatic heterocycles. The molecule has 0 fully saturated rings. The number of nitrogens with zero attached hydrogens (tertiary/aromatic N) is 2. The largest absolute Gasteiger partial charge is 0.365 e. The van der Waals surface area contributed by atoms with E-state index in [0.717, 1.165) is 19.5 Å². The second kappa shape index (κ2) is 6.03. The highest BCUT2D eigenvalue weighted by Gasteiger charge is 2.11. The van der Waals surface area contributed by atoms with E-state index < -0.39 is 0 Å². The summed E-state index contributed by atoms with van der Waals surface area (Å²) in [5.74, 6) is 0.912. The SMILES string of the molecule is CC(C)Cn1ccnc(NCCC(C)(C)C)c1=O. The number of rotatable bonds is 5. The van der Waals surface area contributed by atoms with Crippen LogP contribution in [0.2, 0.25) is 0 Å². The molecule has 4 nitrogen and oxygen atoms in total. The van der Waals surface area contributed by atoms with Crippen LogP contribution in [-0.2, 0) is 6.54 Å². The molecule has 0 spiro atoms. The van der Waals surface area contributed by atoms with Crippen LogP contribution in [0.1, 0.15) is 41.0 Å². The van der Waals surface area contributed by atoms with Crippen LogP contribution in [0.3, 0.4) is 0 Å². The molecule has 0 amide bonds. The van der Waals surface area contributed by atoms with E-state index >= 15 is 0 Å². The minimum Gasteiger partial charge on any atom is -0.365 e. The van der Waals surface area contributed by atoms with Crippen molar-refractivity contribution in [2.75, 3.05) is 11.9 Å². The van der Waals surface area contributed by atoms with Gasteiger partial charge in [0.2, 0.25) is 0 Å². The predicted molar refractivity (Wildman–Crippen MR) is 75.9 cm³/mol. The van der Waals surface area contributed by atoms with Gasteiger partial charge in [-0.3, -0.25) is 4.79 Å². The van der Waals surface area contributed by atoms with Crippen molar-refractivity contribution in [3.63, 3.8) is 0 Å². The zero-order chi connectivity index (χ0) is 13.8. The quantitative estimate of drug-likeness (QED) is 0.875. The highest BCUT2D eigenvalue weighted by Crippen LogP contribution is 2.17. The molecule has 0 aliphatic heterocycles. The lowest BCUT2D eigenvalue weighted by molar-refractivity contribution is 0.389. The minimum absolute atomic E-state index is 0.0277. The molecule has 1 rings (SSSR count). The molecule has 0 radical (unpaired) electrons. The predicted octanol–water partition coefficient (Wildman–Crippen LogP) is 2.75. The molecule has 4 heteroatoms. The fourth-order valence-corrected chi connectivity index (χ4v) is 1.66. The lowest BCUT2D eigenvalue weighted by Gasteiger charge is -2.18. The highest BCUT2D eigenvalue weighted by molar-refractivity contribution is 5.30. The maximum Gasteiger partial charge on any atom is 0.293 e. The van der Waals surface area contributed by atoms with Crippen LogP contribution in [0, 0.1) is 11.3 Å². The van der Waals surface area contributed by atoms with Gasteiger partial charge in [-0.05, 0) is 17.8 Å². The van der Waals surface area contributed by atoms with E-state index in [4.69, 9.17) is 0 Å². The lowest BCUT2D eigenvalue weighted by Crippen LogP contribution is -2.27. The zero-order valence-corrected chi connectivity index (χ0v) is 12.2. The Balaban J connectivity index is 2.69. The van der Waals surface area contributed by atoms with E-state index in [9.17, 15) is 4.79 Å². The van der Waals surface area contributed by atoms with Crippen LogP contribution >= 0.6 is 0 Å². The first-order valence-corrected chi connectivity index (χ1v) is 6.59. The topological polar surface area (TPSA) is 46.9 Å². The van der Waals surface area contributed by atoms with Gasteiger partial charge in [-0.25, -0.2) is 4.98 Å². The number of hydrogen-bond donors (Lipinski definition) is 1. The molecular weight excluding hydrogens is 226 g/mol. The summed E-state index contributed by atoms with van der Waals surface area (Å²) in [4.78, 5) is 16.2. The van der Waals surface area contributed by atoms with Gasteiger partial charge in [0.05, 0.1) is 0 Å². The van der Waals surface area contributed by atoms with E-state index in [0.29, 0.717) is 11.7 Å². The van der Waals surface area contributed by atoms with Gasteiger partial charge < -0.3 is 9.88 Å². The van der Waals surface area contributed by atoms with Crippen molar-refractivity contribution in [2.45, 2.75) is 47.6 Å². The van der Waals surface area contributed by atoms with Gasteiger partial charge in [0, 0.05) is 25.5 Å². The standard InChI is InChI=1S/C14H25N3O/c1-11(2)10-17-9-8-16-12(13(17)18)15-7-6-14(3,4)5/h8-9,11H,6-7,10H2,1-5H3,(H,15,16). The molecule has 0 aliphatic carbocycles. The summed E-state index contributed by atoms with van der Waals surface area (Å²) in [6.45, 7) is 12.3. The Morgan fingerprint density at radius 3 is 2.61 bits per heavy atom. The summed E-state index contributed by atoms with van der Waals surface area (Å²) in [5.41, 5.74) is 0.235. The summed E-state index contributed by atoms with van der Waals surface area (Å²) in [7, 11) is 0. The third kappa shape index (κ3) is 4.90. The molecule has 102 valence electrons. The Hall–Kier alpha value is -1.32. The Bertz CT molecular complexity index is 429. The first-order chi connectivity index (χ1) is 8.29. The van der Waals surface area contributed by atoms with E-state index in [-0.39, 0.29) is 11.0 Å². The van der Waals surface area contributed by atoms with Crippen molar-refractivity contribution < 1.29 is 0 Å². The number of aromatic nitrogens is 2. The minimum atomic E-state index is -0.0277. The molecule has 1 N–H and O–H groups in total. The fraction of sp³-hybridized carbons (Fsp3) is 0.714. The first kappa shape index (κ1) is 14.7. The summed E-state index contributed by atoms with van der Waals surface area (Å²) >= 11 is 0. The molecule has 1 heterocycles. The molecule has 18 heavy (non-hydrogen) atoms. The van der Waals surface area contributed by atoms with Crippen LogP contribution in [0.5, 0.6) is 0 Å². The third-order valence-corrected chi connectivity index (χ3v) is 2.64. The Morgan fingerprint density at radius 1 is 1.39 bits per heavy atom. The van der Waals surface area contributed by atoms with Crippen molar-refractivity contribution in [1.82, 2.24) is 9.55 Å². The van der Waals surface area contributed by atoms with E-state index in [1.165, 1.54) is 0 Å². The number of hydrogen-bond acceptors (Lipinski definition) is 3. The fourth-order valence-electron chi connectivity index (χ4n) is 1.66. The monoisotopic (exact) mass is 251 g/mol. The van der Waals surface area contributed by atoms with Gasteiger partial charge >= 0.3 is 0 Å². The van der Waals surface area contributed by atoms with E-state index in [1.807, 2.05) is 0 Å². The van der Waals surface area contributed by atoms with E-state index in [1.54, 1.807) is 17.0 Å². The van der Waals surface area contributed by atoms with Crippen molar-refractivity contribution in [1.29, 1.82) is 0 Å². The summed E-state index contributed by atoms with van der Waals surface area (Å²) < 4.78 is 1.72. The number of anilines is 1. The van der Waals surface area contributed by atoms with Crippen LogP contribution in [0.4, 0.5) is 5.82 Å². The van der Waals surface area contributed by atoms with Crippen LogP contribution in [0.15, 0.2) is 17.2 Å². The Labute approximate surface area is 109 Å². The normalized spacial score (nSPS) is 11.9. The van der Waals surface area contributed by atoms with Gasteiger partial charge in [-0.2, -0.15) is 0 Å². The summed E-state index contributed by atoms with van der Waals surface area (Å²) in [6.07, 6.45) is 4.44. The second-order valence-corrected chi connectivity index (χ2v) is 6.36. The molecule has 0 unspecified atom stereocenters. The van der Waals surface area contributed by atoms with Crippen molar-refractivity contribution in [3.8, 4) is 0 Å². The zero-order valence-electron chi connectivity index (χ0n) is 12.2. The van der Waals surface area contributed by atoms with Gasteiger partial charge in [-0.15, -0.1) is 0 Å². The first-order valence-electron chi connectivity index (χ1n) is 6.59. The van der Waals surface area contributed by atoms with Crippen molar-refractivity contribution in [2.24, 2.45) is 11.3 Å². The van der Waals surface area contributed by atoms with Crippen LogP contribution in [0.25, 0.3) is 0 Å². The molecule has 1 aromatic rings. The Morgan fingerprint density at radius 2 is 2.06 bits per heavy atom. The molecule has 0 aliphatic rings. The molecule has 0 saturated carbocycles. The van der Waals surface area contributed by atoms with E-state index in [2.05, 4.69) is 44.9 Å². The molecule has 0 atom stereocenters. The smallest absolute Gasteiger partial charge is 0.293 e. The van der Waals surface area contributed by atoms with Crippen LogP contribution in [-0.4, -0.2) is 16.1 Å². The van der Waals surface area contributed by atoms with Crippen LogP contribution < -0.4 is 10.9 Å². The number of nitrogens with one attached hydrogen (secondary N) is 1. The van der Waals surface area contributed by atoms with Gasteiger partial charge in [0.25, 0.3) is 5.56 Å². The summed E-state index contributed by atoms with van der Waals surface area (Å²) in [6, 6.07) is 0. The third-order valence-electron chi connectivity index (χ3n) is 2.64. The lowest BCUT2D eigenvalue weighted by atomic mass is 9.92. The molecule has 0 bridgehead atoms. The average molecular weight is 251 g/mol. The molecular formula is C14H25N3O. The van der Waals surface area contributed by atoms with Gasteiger partial charge in [0.15, 0.2) is 5.82 Å². The highest BCUT2D eigenvalue weighted by atomic mass is 16.1. The molecule has 0 saturated heterocycles. The maximum absolute atomic E-state index is 12.1. The maximum atomic E-state index is 12.1. The summed E-state index contributed by atoms with van der Waals surface area (Å²) in [5, 5.41) is 3.14. The van der Waals surface area contributed by atoms with Crippen molar-refractivity contribution >= 4 is 5.82 Å². The van der Waals surface area contributed by atoms with Gasteiger partial charge in [-0.1, -0.05) is 34.6 Å². The average Bonchev–Trinajstić information content (AvgIpc) is 2.21.